The topological polar surface area (TPSA) is 142 Å². The number of nitrogens with one attached hydrogen (secondary N) is 2. The summed E-state index contributed by atoms with van der Waals surface area (Å²) in [5.41, 5.74) is 0.652. The standard InChI is InChI=1S/C21H22N4O5S/c1-13(14-6-5-7-15(10-14)31(22,29)30)25(2)19(26)12-24-21(28)17-11-23-18-9-4-3-8-16(18)20(17)27/h3-11,13H,12H2,1-2H3,(H,23,27)(H,24,28)(H2,22,29,30). The first-order valence-corrected chi connectivity index (χ1v) is 10.9. The summed E-state index contributed by atoms with van der Waals surface area (Å²) in [7, 11) is -2.34. The number of para-hydroxylation sites is 1. The van der Waals surface area contributed by atoms with Crippen molar-refractivity contribution in [2.24, 2.45) is 5.14 Å². The van der Waals surface area contributed by atoms with Crippen molar-refractivity contribution >= 4 is 32.7 Å². The lowest BCUT2D eigenvalue weighted by atomic mass is 10.1. The molecule has 3 aromatic rings. The third kappa shape index (κ3) is 4.81. The first-order chi connectivity index (χ1) is 14.6. The van der Waals surface area contributed by atoms with E-state index in [9.17, 15) is 22.8 Å². The number of likely N-dealkylation sites (N-methyl/N-ethyl adjacent to an activating group) is 1. The molecule has 0 aliphatic rings. The van der Waals surface area contributed by atoms with E-state index < -0.39 is 33.3 Å². The third-order valence-electron chi connectivity index (χ3n) is 5.08. The lowest BCUT2D eigenvalue weighted by Crippen LogP contribution is -2.40. The summed E-state index contributed by atoms with van der Waals surface area (Å²) in [6.07, 6.45) is 1.32. The molecule has 31 heavy (non-hydrogen) atoms. The Morgan fingerprint density at radius 2 is 1.87 bits per heavy atom. The van der Waals surface area contributed by atoms with E-state index in [1.54, 1.807) is 37.3 Å². The highest BCUT2D eigenvalue weighted by Crippen LogP contribution is 2.21. The Balaban J connectivity index is 1.70. The maximum atomic E-state index is 12.6. The van der Waals surface area contributed by atoms with Gasteiger partial charge in [0.05, 0.1) is 17.5 Å². The summed E-state index contributed by atoms with van der Waals surface area (Å²) in [6, 6.07) is 12.3. The van der Waals surface area contributed by atoms with Gasteiger partial charge in [0, 0.05) is 24.1 Å². The summed E-state index contributed by atoms with van der Waals surface area (Å²) >= 11 is 0. The van der Waals surface area contributed by atoms with Gasteiger partial charge in [-0.05, 0) is 36.8 Å². The SMILES string of the molecule is CC(c1cccc(S(N)(=O)=O)c1)N(C)C(=O)CNC(=O)c1c[nH]c2ccccc2c1=O. The summed E-state index contributed by atoms with van der Waals surface area (Å²) in [5, 5.41) is 8.00. The van der Waals surface area contributed by atoms with E-state index in [1.807, 2.05) is 0 Å². The molecular formula is C21H22N4O5S. The molecule has 2 aromatic carbocycles. The number of rotatable bonds is 6. The zero-order chi connectivity index (χ0) is 22.8. The van der Waals surface area contributed by atoms with E-state index >= 15 is 0 Å². The molecule has 0 fully saturated rings. The van der Waals surface area contributed by atoms with Crippen molar-refractivity contribution in [2.75, 3.05) is 13.6 Å². The van der Waals surface area contributed by atoms with Gasteiger partial charge in [0.2, 0.25) is 21.4 Å². The highest BCUT2D eigenvalue weighted by atomic mass is 32.2. The minimum Gasteiger partial charge on any atom is -0.360 e. The number of hydrogen-bond donors (Lipinski definition) is 3. The number of pyridine rings is 1. The quantitative estimate of drug-likeness (QED) is 0.524. The number of fused-ring (bicyclic) bond motifs is 1. The minimum absolute atomic E-state index is 0.0541. The van der Waals surface area contributed by atoms with Crippen LogP contribution in [0.1, 0.15) is 28.9 Å². The van der Waals surface area contributed by atoms with Gasteiger partial charge in [-0.2, -0.15) is 0 Å². The number of primary sulfonamides is 1. The molecule has 0 aliphatic heterocycles. The van der Waals surface area contributed by atoms with Gasteiger partial charge in [0.25, 0.3) is 5.91 Å². The van der Waals surface area contributed by atoms with Gasteiger partial charge in [-0.3, -0.25) is 14.4 Å². The molecule has 0 bridgehead atoms. The molecule has 3 rings (SSSR count). The van der Waals surface area contributed by atoms with Crippen molar-refractivity contribution in [3.8, 4) is 0 Å². The molecule has 2 amide bonds. The molecule has 0 saturated heterocycles. The highest BCUT2D eigenvalue weighted by Gasteiger charge is 2.20. The van der Waals surface area contributed by atoms with Crippen LogP contribution in [0.4, 0.5) is 0 Å². The van der Waals surface area contributed by atoms with Gasteiger partial charge in [0.1, 0.15) is 5.56 Å². The molecule has 10 heteroatoms. The van der Waals surface area contributed by atoms with Crippen molar-refractivity contribution in [3.05, 3.63) is 76.1 Å². The second kappa shape index (κ2) is 8.70. The predicted molar refractivity (Wildman–Crippen MR) is 116 cm³/mol. The monoisotopic (exact) mass is 442 g/mol. The number of aromatic nitrogens is 1. The van der Waals surface area contributed by atoms with E-state index in [-0.39, 0.29) is 17.0 Å². The Morgan fingerprint density at radius 3 is 2.58 bits per heavy atom. The lowest BCUT2D eigenvalue weighted by Gasteiger charge is -2.25. The van der Waals surface area contributed by atoms with Crippen molar-refractivity contribution in [3.63, 3.8) is 0 Å². The Kier molecular flexibility index (Phi) is 6.23. The number of H-pyrrole nitrogens is 1. The number of carbonyl (C=O) groups is 2. The van der Waals surface area contributed by atoms with Crippen LogP contribution in [0.15, 0.2) is 64.4 Å². The molecule has 1 heterocycles. The molecule has 1 atom stereocenters. The zero-order valence-electron chi connectivity index (χ0n) is 17.0. The molecular weight excluding hydrogens is 420 g/mol. The van der Waals surface area contributed by atoms with Crippen LogP contribution < -0.4 is 15.9 Å². The molecule has 0 aliphatic carbocycles. The number of aromatic amines is 1. The van der Waals surface area contributed by atoms with Crippen LogP contribution in [0, 0.1) is 0 Å². The van der Waals surface area contributed by atoms with Crippen LogP contribution in [0.3, 0.4) is 0 Å². The number of hydrogen-bond acceptors (Lipinski definition) is 5. The molecule has 0 radical (unpaired) electrons. The van der Waals surface area contributed by atoms with Crippen LogP contribution in [0.5, 0.6) is 0 Å². The first kappa shape index (κ1) is 22.2. The summed E-state index contributed by atoms with van der Waals surface area (Å²) in [5.74, 6) is -1.09. The van der Waals surface area contributed by atoms with Gasteiger partial charge in [-0.25, -0.2) is 13.6 Å². The van der Waals surface area contributed by atoms with Gasteiger partial charge < -0.3 is 15.2 Å². The van der Waals surface area contributed by atoms with Crippen molar-refractivity contribution in [2.45, 2.75) is 17.9 Å². The van der Waals surface area contributed by atoms with E-state index in [2.05, 4.69) is 10.3 Å². The average Bonchev–Trinajstić information content (AvgIpc) is 2.76. The zero-order valence-corrected chi connectivity index (χ0v) is 17.8. The average molecular weight is 442 g/mol. The van der Waals surface area contributed by atoms with Crippen LogP contribution >= 0.6 is 0 Å². The van der Waals surface area contributed by atoms with Gasteiger partial charge in [-0.1, -0.05) is 24.3 Å². The smallest absolute Gasteiger partial charge is 0.257 e. The van der Waals surface area contributed by atoms with Crippen molar-refractivity contribution in [1.29, 1.82) is 0 Å². The van der Waals surface area contributed by atoms with Gasteiger partial charge in [0.15, 0.2) is 0 Å². The fourth-order valence-electron chi connectivity index (χ4n) is 3.10. The predicted octanol–water partition coefficient (Wildman–Crippen LogP) is 1.12. The number of benzene rings is 2. The number of amides is 2. The van der Waals surface area contributed by atoms with E-state index in [4.69, 9.17) is 5.14 Å². The van der Waals surface area contributed by atoms with E-state index in [1.165, 1.54) is 36.3 Å². The second-order valence-corrected chi connectivity index (χ2v) is 8.62. The fourth-order valence-corrected chi connectivity index (χ4v) is 3.67. The number of sulfonamides is 1. The molecule has 9 nitrogen and oxygen atoms in total. The van der Waals surface area contributed by atoms with Gasteiger partial charge >= 0.3 is 0 Å². The fraction of sp³-hybridized carbons (Fsp3) is 0.190. The number of nitrogens with two attached hydrogens (primary N) is 1. The number of nitrogens with zero attached hydrogens (tertiary/aromatic N) is 1. The van der Waals surface area contributed by atoms with E-state index in [0.29, 0.717) is 16.5 Å². The van der Waals surface area contributed by atoms with Gasteiger partial charge in [-0.15, -0.1) is 0 Å². The third-order valence-corrected chi connectivity index (χ3v) is 5.99. The van der Waals surface area contributed by atoms with Crippen LogP contribution in [0.2, 0.25) is 0 Å². The maximum Gasteiger partial charge on any atom is 0.257 e. The molecule has 1 unspecified atom stereocenters. The molecule has 1 aromatic heterocycles. The Morgan fingerprint density at radius 1 is 1.16 bits per heavy atom. The molecule has 4 N–H and O–H groups in total. The second-order valence-electron chi connectivity index (χ2n) is 7.06. The number of carbonyl (C=O) groups excluding carboxylic acids is 2. The normalized spacial score (nSPS) is 12.4. The minimum atomic E-state index is -3.87. The Hall–Kier alpha value is -3.50. The summed E-state index contributed by atoms with van der Waals surface area (Å²) in [6.45, 7) is 1.39. The molecule has 0 spiro atoms. The molecule has 162 valence electrons. The summed E-state index contributed by atoms with van der Waals surface area (Å²) < 4.78 is 23.1. The summed E-state index contributed by atoms with van der Waals surface area (Å²) in [4.78, 5) is 41.7. The lowest BCUT2D eigenvalue weighted by molar-refractivity contribution is -0.130. The first-order valence-electron chi connectivity index (χ1n) is 9.36. The van der Waals surface area contributed by atoms with Crippen LogP contribution in [0.25, 0.3) is 10.9 Å². The largest absolute Gasteiger partial charge is 0.360 e. The van der Waals surface area contributed by atoms with Crippen LogP contribution in [-0.4, -0.2) is 43.7 Å². The molecule has 0 saturated carbocycles. The highest BCUT2D eigenvalue weighted by molar-refractivity contribution is 7.89. The maximum absolute atomic E-state index is 12.6. The Labute approximate surface area is 178 Å². The van der Waals surface area contributed by atoms with Crippen LogP contribution in [-0.2, 0) is 14.8 Å². The van der Waals surface area contributed by atoms with Crippen molar-refractivity contribution < 1.29 is 18.0 Å². The Bertz CT molecular complexity index is 1320. The van der Waals surface area contributed by atoms with E-state index in [0.717, 1.165) is 0 Å². The van der Waals surface area contributed by atoms with Crippen molar-refractivity contribution in [1.82, 2.24) is 15.2 Å².